The Morgan fingerprint density at radius 2 is 1.50 bits per heavy atom. The van der Waals surface area contributed by atoms with E-state index in [-0.39, 0.29) is 24.2 Å². The van der Waals surface area contributed by atoms with E-state index in [1.165, 1.54) is 0 Å². The summed E-state index contributed by atoms with van der Waals surface area (Å²) < 4.78 is 26.1. The number of hydrogen-bond donors (Lipinski definition) is 0. The van der Waals surface area contributed by atoms with Crippen LogP contribution in [0.2, 0.25) is 10.0 Å². The predicted octanol–water partition coefficient (Wildman–Crippen LogP) is 4.63. The molecule has 0 saturated heterocycles. The molecule has 0 aliphatic rings. The van der Waals surface area contributed by atoms with Crippen LogP contribution >= 0.6 is 23.2 Å². The van der Waals surface area contributed by atoms with Crippen LogP contribution in [0.4, 0.5) is 8.78 Å². The fraction of sp³-hybridized carbons (Fsp3) is 0.133. The first kappa shape index (κ1) is 14.9. The zero-order valence-corrected chi connectivity index (χ0v) is 11.8. The quantitative estimate of drug-likeness (QED) is 0.804. The number of halogens is 4. The number of carbonyl (C=O) groups excluding carboxylic acids is 1. The number of carbonyl (C=O) groups is 1. The molecule has 5 heteroatoms. The molecule has 0 aliphatic carbocycles. The molecular formula is C15H10Cl2F2O. The van der Waals surface area contributed by atoms with Crippen LogP contribution in [-0.4, -0.2) is 5.78 Å². The number of benzene rings is 2. The van der Waals surface area contributed by atoms with Gasteiger partial charge in [0.25, 0.3) is 0 Å². The van der Waals surface area contributed by atoms with E-state index in [4.69, 9.17) is 23.2 Å². The van der Waals surface area contributed by atoms with Gasteiger partial charge in [0.15, 0.2) is 0 Å². The van der Waals surface area contributed by atoms with Crippen molar-refractivity contribution >= 4 is 29.0 Å². The molecule has 2 aromatic carbocycles. The third kappa shape index (κ3) is 3.78. The summed E-state index contributed by atoms with van der Waals surface area (Å²) in [7, 11) is 0. The third-order valence-corrected chi connectivity index (χ3v) is 3.47. The molecule has 0 heterocycles. The summed E-state index contributed by atoms with van der Waals surface area (Å²) in [6.07, 6.45) is -0.0487. The van der Waals surface area contributed by atoms with Crippen molar-refractivity contribution in [1.82, 2.24) is 0 Å². The van der Waals surface area contributed by atoms with E-state index in [0.717, 1.165) is 18.2 Å². The molecule has 2 rings (SSSR count). The summed E-state index contributed by atoms with van der Waals surface area (Å²) in [4.78, 5) is 11.9. The summed E-state index contributed by atoms with van der Waals surface area (Å²) in [5, 5.41) is 0.799. The average molecular weight is 315 g/mol. The van der Waals surface area contributed by atoms with E-state index < -0.39 is 11.6 Å². The molecule has 0 N–H and O–H groups in total. The van der Waals surface area contributed by atoms with E-state index in [0.29, 0.717) is 15.6 Å². The lowest BCUT2D eigenvalue weighted by Gasteiger charge is -2.06. The Balaban J connectivity index is 2.13. The van der Waals surface area contributed by atoms with Crippen molar-refractivity contribution in [2.24, 2.45) is 0 Å². The molecule has 0 spiro atoms. The Kier molecular flexibility index (Phi) is 4.73. The first-order valence-electron chi connectivity index (χ1n) is 5.85. The lowest BCUT2D eigenvalue weighted by molar-refractivity contribution is -0.117. The van der Waals surface area contributed by atoms with Gasteiger partial charge in [-0.25, -0.2) is 8.78 Å². The van der Waals surface area contributed by atoms with E-state index in [9.17, 15) is 13.6 Å². The first-order valence-corrected chi connectivity index (χ1v) is 6.61. The maximum absolute atomic E-state index is 13.0. The standard InChI is InChI=1S/C15H10Cl2F2O/c16-14-2-1-3-15(17)13(14)8-12(20)6-9-4-10(18)7-11(19)5-9/h1-5,7H,6,8H2. The Bertz CT molecular complexity index is 616. The van der Waals surface area contributed by atoms with Crippen molar-refractivity contribution in [3.05, 3.63) is 69.2 Å². The van der Waals surface area contributed by atoms with Crippen molar-refractivity contribution in [2.75, 3.05) is 0 Å². The monoisotopic (exact) mass is 314 g/mol. The van der Waals surface area contributed by atoms with Gasteiger partial charge in [0.1, 0.15) is 17.4 Å². The van der Waals surface area contributed by atoms with Gasteiger partial charge in [0.05, 0.1) is 0 Å². The lowest BCUT2D eigenvalue weighted by atomic mass is 10.0. The molecule has 0 atom stereocenters. The molecule has 0 radical (unpaired) electrons. The van der Waals surface area contributed by atoms with E-state index >= 15 is 0 Å². The highest BCUT2D eigenvalue weighted by atomic mass is 35.5. The third-order valence-electron chi connectivity index (χ3n) is 2.76. The number of Topliss-reactive ketones (excluding diaryl/α,β-unsaturated/α-hetero) is 1. The number of hydrogen-bond acceptors (Lipinski definition) is 1. The van der Waals surface area contributed by atoms with Crippen LogP contribution in [0.5, 0.6) is 0 Å². The molecule has 0 bridgehead atoms. The molecule has 0 aliphatic heterocycles. The highest BCUT2D eigenvalue weighted by Gasteiger charge is 2.12. The zero-order valence-electron chi connectivity index (χ0n) is 10.3. The van der Waals surface area contributed by atoms with Crippen LogP contribution in [0.15, 0.2) is 36.4 Å². The molecule has 104 valence electrons. The summed E-state index contributed by atoms with van der Waals surface area (Å²) in [5.74, 6) is -1.63. The Hall–Kier alpha value is -1.45. The van der Waals surface area contributed by atoms with Gasteiger partial charge in [-0.3, -0.25) is 4.79 Å². The van der Waals surface area contributed by atoms with Crippen LogP contribution in [-0.2, 0) is 17.6 Å². The summed E-state index contributed by atoms with van der Waals surface area (Å²) in [5.41, 5.74) is 0.813. The molecule has 2 aromatic rings. The largest absolute Gasteiger partial charge is 0.299 e. The average Bonchev–Trinajstić information content (AvgIpc) is 2.32. The molecule has 20 heavy (non-hydrogen) atoms. The van der Waals surface area contributed by atoms with Crippen molar-refractivity contribution in [3.8, 4) is 0 Å². The van der Waals surface area contributed by atoms with Crippen molar-refractivity contribution in [2.45, 2.75) is 12.8 Å². The second kappa shape index (κ2) is 6.33. The van der Waals surface area contributed by atoms with E-state index in [1.807, 2.05) is 0 Å². The zero-order chi connectivity index (χ0) is 14.7. The van der Waals surface area contributed by atoms with Gasteiger partial charge in [-0.1, -0.05) is 29.3 Å². The smallest absolute Gasteiger partial charge is 0.141 e. The normalized spacial score (nSPS) is 10.6. The van der Waals surface area contributed by atoms with Crippen LogP contribution in [0, 0.1) is 11.6 Å². The number of rotatable bonds is 4. The molecule has 1 nitrogen and oxygen atoms in total. The number of ketones is 1. The fourth-order valence-corrected chi connectivity index (χ4v) is 2.43. The van der Waals surface area contributed by atoms with Gasteiger partial charge in [-0.2, -0.15) is 0 Å². The second-order valence-electron chi connectivity index (χ2n) is 4.37. The molecule has 0 aromatic heterocycles. The molecule has 0 saturated carbocycles. The van der Waals surface area contributed by atoms with Gasteiger partial charge in [-0.15, -0.1) is 0 Å². The van der Waals surface area contributed by atoms with Crippen LogP contribution in [0.25, 0.3) is 0 Å². The van der Waals surface area contributed by atoms with Gasteiger partial charge < -0.3 is 0 Å². The highest BCUT2D eigenvalue weighted by molar-refractivity contribution is 6.36. The van der Waals surface area contributed by atoms with E-state index in [1.54, 1.807) is 18.2 Å². The van der Waals surface area contributed by atoms with Gasteiger partial charge in [-0.05, 0) is 35.4 Å². The first-order chi connectivity index (χ1) is 9.45. The van der Waals surface area contributed by atoms with Crippen molar-refractivity contribution in [1.29, 1.82) is 0 Å². The topological polar surface area (TPSA) is 17.1 Å². The maximum Gasteiger partial charge on any atom is 0.141 e. The minimum Gasteiger partial charge on any atom is -0.299 e. The van der Waals surface area contributed by atoms with Crippen molar-refractivity contribution < 1.29 is 13.6 Å². The molecular weight excluding hydrogens is 305 g/mol. The Labute approximate surface area is 125 Å². The van der Waals surface area contributed by atoms with Crippen molar-refractivity contribution in [3.63, 3.8) is 0 Å². The Morgan fingerprint density at radius 1 is 0.950 bits per heavy atom. The van der Waals surface area contributed by atoms with Gasteiger partial charge in [0.2, 0.25) is 0 Å². The molecule has 0 amide bonds. The Morgan fingerprint density at radius 3 is 2.05 bits per heavy atom. The lowest BCUT2D eigenvalue weighted by Crippen LogP contribution is -2.08. The maximum atomic E-state index is 13.0. The summed E-state index contributed by atoms with van der Waals surface area (Å²) >= 11 is 11.9. The molecule has 0 fully saturated rings. The minimum absolute atomic E-state index is 0.0244. The van der Waals surface area contributed by atoms with Gasteiger partial charge in [0, 0.05) is 29.0 Å². The SMILES string of the molecule is O=C(Cc1cc(F)cc(F)c1)Cc1c(Cl)cccc1Cl. The van der Waals surface area contributed by atoms with Crippen LogP contribution in [0.1, 0.15) is 11.1 Å². The minimum atomic E-state index is -0.705. The summed E-state index contributed by atoms with van der Waals surface area (Å²) in [6, 6.07) is 7.99. The van der Waals surface area contributed by atoms with Crippen LogP contribution < -0.4 is 0 Å². The highest BCUT2D eigenvalue weighted by Crippen LogP contribution is 2.25. The van der Waals surface area contributed by atoms with E-state index in [2.05, 4.69) is 0 Å². The summed E-state index contributed by atoms with van der Waals surface area (Å²) in [6.45, 7) is 0. The predicted molar refractivity (Wildman–Crippen MR) is 75.2 cm³/mol. The van der Waals surface area contributed by atoms with Gasteiger partial charge >= 0.3 is 0 Å². The fourth-order valence-electron chi connectivity index (χ4n) is 1.90. The van der Waals surface area contributed by atoms with Crippen LogP contribution in [0.3, 0.4) is 0 Å². The molecule has 0 unspecified atom stereocenters. The second-order valence-corrected chi connectivity index (χ2v) is 5.18.